The Kier molecular flexibility index (Phi) is 5.00. The molecule has 0 aliphatic rings. The van der Waals surface area contributed by atoms with Gasteiger partial charge in [-0.2, -0.15) is 0 Å². The van der Waals surface area contributed by atoms with E-state index in [4.69, 9.17) is 4.74 Å². The van der Waals surface area contributed by atoms with Crippen LogP contribution in [0, 0.1) is 0 Å². The minimum Gasteiger partial charge on any atom is -0.378 e. The number of anilines is 1. The highest BCUT2D eigenvalue weighted by atomic mass is 16.5. The molecule has 1 heterocycles. The zero-order chi connectivity index (χ0) is 13.5. The van der Waals surface area contributed by atoms with E-state index >= 15 is 0 Å². The minimum absolute atomic E-state index is 0.537. The standard InChI is InChI=1S/C13H19N5O/c1-18(2)8-10-19-9-7-14-13-15-11-5-3-4-6-12(11)16-17-13/h3-6H,7-10H2,1-2H3,(H,14,15,17). The Morgan fingerprint density at radius 3 is 2.68 bits per heavy atom. The first-order chi connectivity index (χ1) is 9.25. The molecule has 0 saturated heterocycles. The number of rotatable bonds is 7. The summed E-state index contributed by atoms with van der Waals surface area (Å²) in [5, 5.41) is 11.2. The van der Waals surface area contributed by atoms with Crippen LogP contribution in [0.3, 0.4) is 0 Å². The van der Waals surface area contributed by atoms with Gasteiger partial charge in [0, 0.05) is 13.1 Å². The van der Waals surface area contributed by atoms with E-state index in [1.807, 2.05) is 38.4 Å². The zero-order valence-electron chi connectivity index (χ0n) is 11.3. The summed E-state index contributed by atoms with van der Waals surface area (Å²) < 4.78 is 5.47. The minimum atomic E-state index is 0.537. The van der Waals surface area contributed by atoms with E-state index in [2.05, 4.69) is 25.4 Å². The molecule has 0 spiro atoms. The molecule has 0 saturated carbocycles. The number of ether oxygens (including phenoxy) is 1. The highest BCUT2D eigenvalue weighted by molar-refractivity contribution is 5.73. The number of nitrogens with zero attached hydrogens (tertiary/aromatic N) is 4. The Bertz CT molecular complexity index is 517. The number of likely N-dealkylation sites (N-methyl/N-ethyl adjacent to an activating group) is 1. The summed E-state index contributed by atoms with van der Waals surface area (Å²) in [5.74, 6) is 0.537. The van der Waals surface area contributed by atoms with Crippen molar-refractivity contribution in [1.82, 2.24) is 20.1 Å². The maximum atomic E-state index is 5.47. The lowest BCUT2D eigenvalue weighted by Gasteiger charge is -2.10. The van der Waals surface area contributed by atoms with Crippen molar-refractivity contribution in [2.45, 2.75) is 0 Å². The summed E-state index contributed by atoms with van der Waals surface area (Å²) in [5.41, 5.74) is 1.64. The van der Waals surface area contributed by atoms with E-state index in [-0.39, 0.29) is 0 Å². The third kappa shape index (κ3) is 4.42. The third-order valence-electron chi connectivity index (χ3n) is 2.57. The second kappa shape index (κ2) is 6.96. The molecule has 0 atom stereocenters. The van der Waals surface area contributed by atoms with Crippen LogP contribution in [0.4, 0.5) is 5.95 Å². The summed E-state index contributed by atoms with van der Waals surface area (Å²) in [6, 6.07) is 7.67. The number of hydrogen-bond donors (Lipinski definition) is 1. The van der Waals surface area contributed by atoms with E-state index in [9.17, 15) is 0 Å². The Labute approximate surface area is 112 Å². The van der Waals surface area contributed by atoms with Gasteiger partial charge < -0.3 is 15.0 Å². The topological polar surface area (TPSA) is 63.2 Å². The molecule has 1 aromatic heterocycles. The molecule has 0 unspecified atom stereocenters. The molecule has 6 heteroatoms. The van der Waals surface area contributed by atoms with Gasteiger partial charge in [0.2, 0.25) is 5.95 Å². The highest BCUT2D eigenvalue weighted by Gasteiger charge is 1.99. The van der Waals surface area contributed by atoms with Gasteiger partial charge in [-0.25, -0.2) is 4.98 Å². The fourth-order valence-corrected chi connectivity index (χ4v) is 1.54. The SMILES string of the molecule is CN(C)CCOCCNc1nnc2ccccc2n1. The smallest absolute Gasteiger partial charge is 0.243 e. The molecule has 0 aliphatic heterocycles. The van der Waals surface area contributed by atoms with Gasteiger partial charge in [-0.15, -0.1) is 10.2 Å². The molecule has 0 radical (unpaired) electrons. The number of para-hydroxylation sites is 1. The summed E-state index contributed by atoms with van der Waals surface area (Å²) in [6.07, 6.45) is 0. The molecule has 0 fully saturated rings. The van der Waals surface area contributed by atoms with Gasteiger partial charge >= 0.3 is 0 Å². The van der Waals surface area contributed by atoms with Crippen LogP contribution in [0.1, 0.15) is 0 Å². The van der Waals surface area contributed by atoms with Gasteiger partial charge in [0.25, 0.3) is 0 Å². The van der Waals surface area contributed by atoms with Crippen LogP contribution in [0.25, 0.3) is 11.0 Å². The molecule has 2 aromatic rings. The predicted octanol–water partition coefficient (Wildman–Crippen LogP) is 1.01. The first-order valence-electron chi connectivity index (χ1n) is 6.31. The molecule has 19 heavy (non-hydrogen) atoms. The van der Waals surface area contributed by atoms with Crippen molar-refractivity contribution in [2.75, 3.05) is 45.7 Å². The van der Waals surface area contributed by atoms with Crippen molar-refractivity contribution in [1.29, 1.82) is 0 Å². The average molecular weight is 261 g/mol. The van der Waals surface area contributed by atoms with Gasteiger partial charge in [0.1, 0.15) is 5.52 Å². The summed E-state index contributed by atoms with van der Waals surface area (Å²) in [6.45, 7) is 2.96. The number of aromatic nitrogens is 3. The van der Waals surface area contributed by atoms with Gasteiger partial charge in [-0.1, -0.05) is 12.1 Å². The maximum Gasteiger partial charge on any atom is 0.243 e. The van der Waals surface area contributed by atoms with Gasteiger partial charge in [-0.3, -0.25) is 0 Å². The van der Waals surface area contributed by atoms with Crippen LogP contribution in [0.15, 0.2) is 24.3 Å². The van der Waals surface area contributed by atoms with Crippen molar-refractivity contribution in [3.63, 3.8) is 0 Å². The molecular formula is C13H19N5O. The Morgan fingerprint density at radius 2 is 1.89 bits per heavy atom. The van der Waals surface area contributed by atoms with Crippen molar-refractivity contribution in [2.24, 2.45) is 0 Å². The number of hydrogen-bond acceptors (Lipinski definition) is 6. The summed E-state index contributed by atoms with van der Waals surface area (Å²) >= 11 is 0. The van der Waals surface area contributed by atoms with Crippen LogP contribution in [0.5, 0.6) is 0 Å². The third-order valence-corrected chi connectivity index (χ3v) is 2.57. The van der Waals surface area contributed by atoms with Crippen LogP contribution in [-0.4, -0.2) is 60.5 Å². The Morgan fingerprint density at radius 1 is 1.11 bits per heavy atom. The van der Waals surface area contributed by atoms with E-state index in [1.54, 1.807) is 0 Å². The van der Waals surface area contributed by atoms with Gasteiger partial charge in [-0.05, 0) is 26.2 Å². The number of fused-ring (bicyclic) bond motifs is 1. The Hall–Kier alpha value is -1.79. The molecule has 0 aliphatic carbocycles. The average Bonchev–Trinajstić information content (AvgIpc) is 2.42. The van der Waals surface area contributed by atoms with E-state index < -0.39 is 0 Å². The molecule has 1 N–H and O–H groups in total. The molecule has 6 nitrogen and oxygen atoms in total. The lowest BCUT2D eigenvalue weighted by molar-refractivity contribution is 0.126. The molecular weight excluding hydrogens is 242 g/mol. The maximum absolute atomic E-state index is 5.47. The molecule has 1 aromatic carbocycles. The van der Waals surface area contributed by atoms with Crippen molar-refractivity contribution >= 4 is 17.0 Å². The van der Waals surface area contributed by atoms with Crippen molar-refractivity contribution in [3.05, 3.63) is 24.3 Å². The summed E-state index contributed by atoms with van der Waals surface area (Å²) in [7, 11) is 4.05. The van der Waals surface area contributed by atoms with Gasteiger partial charge in [0.15, 0.2) is 0 Å². The molecule has 0 amide bonds. The van der Waals surface area contributed by atoms with Gasteiger partial charge in [0.05, 0.1) is 18.7 Å². The Balaban J connectivity index is 1.75. The molecule has 0 bridgehead atoms. The quantitative estimate of drug-likeness (QED) is 0.751. The predicted molar refractivity (Wildman–Crippen MR) is 75.2 cm³/mol. The second-order valence-corrected chi connectivity index (χ2v) is 4.47. The lowest BCUT2D eigenvalue weighted by Crippen LogP contribution is -2.20. The first-order valence-corrected chi connectivity index (χ1v) is 6.31. The van der Waals surface area contributed by atoms with Crippen LogP contribution in [0.2, 0.25) is 0 Å². The summed E-state index contributed by atoms with van der Waals surface area (Å²) in [4.78, 5) is 6.46. The van der Waals surface area contributed by atoms with E-state index in [1.165, 1.54) is 0 Å². The second-order valence-electron chi connectivity index (χ2n) is 4.47. The fraction of sp³-hybridized carbons (Fsp3) is 0.462. The monoisotopic (exact) mass is 261 g/mol. The van der Waals surface area contributed by atoms with Crippen molar-refractivity contribution < 1.29 is 4.74 Å². The van der Waals surface area contributed by atoms with Crippen molar-refractivity contribution in [3.8, 4) is 0 Å². The van der Waals surface area contributed by atoms with E-state index in [0.717, 1.165) is 24.2 Å². The van der Waals surface area contributed by atoms with Crippen LogP contribution >= 0.6 is 0 Å². The molecule has 2 rings (SSSR count). The lowest BCUT2D eigenvalue weighted by atomic mass is 10.3. The highest BCUT2D eigenvalue weighted by Crippen LogP contribution is 2.08. The van der Waals surface area contributed by atoms with E-state index in [0.29, 0.717) is 19.1 Å². The zero-order valence-corrected chi connectivity index (χ0v) is 11.3. The normalized spacial score (nSPS) is 11.1. The largest absolute Gasteiger partial charge is 0.378 e. The number of benzene rings is 1. The van der Waals surface area contributed by atoms with Crippen LogP contribution in [-0.2, 0) is 4.74 Å². The number of nitrogens with one attached hydrogen (secondary N) is 1. The van der Waals surface area contributed by atoms with Crippen LogP contribution < -0.4 is 5.32 Å². The fourth-order valence-electron chi connectivity index (χ4n) is 1.54. The first kappa shape index (κ1) is 13.6. The molecule has 102 valence electrons.